The molecule has 10 heteroatoms. The molecule has 0 aromatic rings. The van der Waals surface area contributed by atoms with Crippen LogP contribution in [-0.2, 0) is 47.9 Å². The summed E-state index contributed by atoms with van der Waals surface area (Å²) in [4.78, 5) is 62.1. The quantitative estimate of drug-likeness (QED) is 0.141. The van der Waals surface area contributed by atoms with Crippen LogP contribution in [0.3, 0.4) is 0 Å². The number of hydrogen-bond donors (Lipinski definition) is 0. The molecule has 6 rings (SSSR count). The summed E-state index contributed by atoms with van der Waals surface area (Å²) in [6, 6.07) is 0. The van der Waals surface area contributed by atoms with E-state index >= 15 is 0 Å². The molecular weight excluding hydrogens is 556 g/mol. The lowest BCUT2D eigenvalue weighted by Crippen LogP contribution is -2.70. The fourth-order valence-electron chi connectivity index (χ4n) is 7.60. The predicted octanol–water partition coefficient (Wildman–Crippen LogP) is 5.28. The normalized spacial score (nSPS) is 37.1. The van der Waals surface area contributed by atoms with Crippen LogP contribution in [0.15, 0.2) is 22.8 Å². The second kappa shape index (κ2) is 12.5. The summed E-state index contributed by atoms with van der Waals surface area (Å²) in [6.07, 6.45) is 4.82. The van der Waals surface area contributed by atoms with Gasteiger partial charge >= 0.3 is 11.9 Å². The number of ketones is 2. The lowest BCUT2D eigenvalue weighted by Gasteiger charge is -2.59. The maximum atomic E-state index is 12.8. The van der Waals surface area contributed by atoms with Crippen LogP contribution in [-0.4, -0.2) is 54.1 Å². The molecule has 0 radical (unpaired) electrons. The fourth-order valence-corrected chi connectivity index (χ4v) is 7.60. The van der Waals surface area contributed by atoms with Crippen LogP contribution < -0.4 is 0 Å². The summed E-state index contributed by atoms with van der Waals surface area (Å²) in [6.45, 7) is 11.7. The van der Waals surface area contributed by atoms with Crippen LogP contribution >= 0.6 is 0 Å². The largest absolute Gasteiger partial charge is 0.466 e. The topological polar surface area (TPSA) is 124 Å². The van der Waals surface area contributed by atoms with Gasteiger partial charge in [-0.3, -0.25) is 19.2 Å². The van der Waals surface area contributed by atoms with E-state index in [1.807, 2.05) is 27.7 Å². The van der Waals surface area contributed by atoms with Gasteiger partial charge in [0.1, 0.15) is 0 Å². The molecule has 4 aliphatic heterocycles. The molecule has 0 aromatic heterocycles. The Morgan fingerprint density at radius 1 is 1.02 bits per heavy atom. The summed E-state index contributed by atoms with van der Waals surface area (Å²) in [5, 5.41) is 0. The van der Waals surface area contributed by atoms with Gasteiger partial charge in [-0.05, 0) is 76.2 Å². The van der Waals surface area contributed by atoms with Gasteiger partial charge in [-0.1, -0.05) is 27.7 Å². The highest BCUT2D eigenvalue weighted by Gasteiger charge is 2.69. The monoisotopic (exact) mass is 602 g/mol. The van der Waals surface area contributed by atoms with Crippen molar-refractivity contribution in [2.45, 2.75) is 123 Å². The number of esters is 2. The predicted molar refractivity (Wildman–Crippen MR) is 153 cm³/mol. The third-order valence-corrected chi connectivity index (χ3v) is 10.2. The van der Waals surface area contributed by atoms with Crippen LogP contribution in [0.5, 0.6) is 0 Å². The SMILES string of the molecule is CC1=C(CCCCOC(=O)CCC(=O)O[C@@H]2O[C@@H]3O[C@@]4(C)CC[C@H]5[C@H](C)CC[C@@H]([C@H]2C)[C@@]35OO4)C(=O)C(C(C)C)=CC1=O. The Labute approximate surface area is 253 Å². The molecule has 0 amide bonds. The van der Waals surface area contributed by atoms with Crippen LogP contribution in [0.2, 0.25) is 0 Å². The zero-order valence-corrected chi connectivity index (χ0v) is 26.3. The smallest absolute Gasteiger partial charge is 0.308 e. The molecule has 43 heavy (non-hydrogen) atoms. The Balaban J connectivity index is 1.06. The molecule has 238 valence electrons. The van der Waals surface area contributed by atoms with E-state index < -0.39 is 35.9 Å². The number of unbranched alkanes of at least 4 members (excludes halogenated alkanes) is 1. The summed E-state index contributed by atoms with van der Waals surface area (Å²) in [5.74, 6) is -1.61. The molecule has 0 N–H and O–H groups in total. The van der Waals surface area contributed by atoms with E-state index in [0.717, 1.165) is 19.3 Å². The molecule has 2 aliphatic carbocycles. The van der Waals surface area contributed by atoms with Crippen LogP contribution in [0.1, 0.15) is 99.3 Å². The number of carbonyl (C=O) groups is 4. The molecule has 5 fully saturated rings. The lowest BCUT2D eigenvalue weighted by atomic mass is 9.58. The minimum atomic E-state index is -0.913. The summed E-state index contributed by atoms with van der Waals surface area (Å²) in [7, 11) is 0. The Bertz CT molecular complexity index is 1200. The second-order valence-electron chi connectivity index (χ2n) is 13.5. The number of Topliss-reactive ketones (excluding diaryl/α,β-unsaturated/α-hetero) is 1. The van der Waals surface area contributed by atoms with E-state index in [-0.39, 0.29) is 54.7 Å². The Hall–Kier alpha value is -2.40. The van der Waals surface area contributed by atoms with Gasteiger partial charge in [0, 0.05) is 35.0 Å². The van der Waals surface area contributed by atoms with Crippen molar-refractivity contribution in [2.24, 2.45) is 29.6 Å². The van der Waals surface area contributed by atoms with Gasteiger partial charge in [-0.2, -0.15) is 0 Å². The molecule has 6 aliphatic rings. The van der Waals surface area contributed by atoms with E-state index in [2.05, 4.69) is 6.92 Å². The Kier molecular flexibility index (Phi) is 9.33. The minimum Gasteiger partial charge on any atom is -0.466 e. The highest BCUT2D eigenvalue weighted by atomic mass is 17.3. The molecule has 0 aromatic carbocycles. The molecule has 0 unspecified atom stereocenters. The zero-order chi connectivity index (χ0) is 31.1. The molecule has 1 spiro atoms. The zero-order valence-electron chi connectivity index (χ0n) is 26.3. The maximum Gasteiger partial charge on any atom is 0.308 e. The Morgan fingerprint density at radius 3 is 2.51 bits per heavy atom. The van der Waals surface area contributed by atoms with Crippen molar-refractivity contribution in [1.29, 1.82) is 0 Å². The molecule has 10 nitrogen and oxygen atoms in total. The summed E-state index contributed by atoms with van der Waals surface area (Å²) < 4.78 is 23.6. The van der Waals surface area contributed by atoms with Gasteiger partial charge in [0.2, 0.25) is 12.1 Å². The van der Waals surface area contributed by atoms with E-state index in [9.17, 15) is 19.2 Å². The molecule has 4 saturated heterocycles. The molecule has 1 saturated carbocycles. The third kappa shape index (κ3) is 6.13. The van der Waals surface area contributed by atoms with Gasteiger partial charge in [-0.15, -0.1) is 0 Å². The van der Waals surface area contributed by atoms with Gasteiger partial charge < -0.3 is 18.9 Å². The molecule has 4 heterocycles. The highest BCUT2D eigenvalue weighted by Crippen LogP contribution is 2.60. The molecular formula is C33H46O10. The summed E-state index contributed by atoms with van der Waals surface area (Å²) in [5.41, 5.74) is 0.841. The lowest BCUT2D eigenvalue weighted by molar-refractivity contribution is -0.576. The van der Waals surface area contributed by atoms with E-state index in [0.29, 0.717) is 48.3 Å². The van der Waals surface area contributed by atoms with Crippen molar-refractivity contribution in [2.75, 3.05) is 6.61 Å². The van der Waals surface area contributed by atoms with Crippen molar-refractivity contribution in [3.8, 4) is 0 Å². The standard InChI is InChI=1S/C33H46O10/c1-18(2)23-17-26(34)20(4)22(29(23)37)9-7-8-16-38-27(35)12-13-28(36)39-30-21(5)25-11-10-19(3)24-14-15-32(6)41-31(40-30)33(24,25)43-42-32/h17-19,21,24-25,30-31H,7-16H2,1-6H3/t19-,21-,24+,25+,30-,31-,32-,33-/m1/s1. The van der Waals surface area contributed by atoms with Gasteiger partial charge in [-0.25, -0.2) is 9.78 Å². The number of hydrogen-bond acceptors (Lipinski definition) is 10. The fraction of sp³-hybridized carbons (Fsp3) is 0.758. The molecule has 8 atom stereocenters. The number of rotatable bonds is 10. The van der Waals surface area contributed by atoms with E-state index in [4.69, 9.17) is 28.7 Å². The first kappa shape index (κ1) is 32.0. The van der Waals surface area contributed by atoms with Crippen LogP contribution in [0, 0.1) is 29.6 Å². The van der Waals surface area contributed by atoms with Gasteiger partial charge in [0.15, 0.2) is 23.5 Å². The number of ether oxygens (including phenoxy) is 4. The number of carbonyl (C=O) groups excluding carboxylic acids is 4. The first-order chi connectivity index (χ1) is 20.4. The third-order valence-electron chi connectivity index (χ3n) is 10.2. The van der Waals surface area contributed by atoms with E-state index in [1.54, 1.807) is 6.92 Å². The average Bonchev–Trinajstić information content (AvgIpc) is 3.19. The second-order valence-corrected chi connectivity index (χ2v) is 13.5. The Morgan fingerprint density at radius 2 is 1.77 bits per heavy atom. The van der Waals surface area contributed by atoms with Gasteiger partial charge in [0.05, 0.1) is 19.4 Å². The summed E-state index contributed by atoms with van der Waals surface area (Å²) >= 11 is 0. The van der Waals surface area contributed by atoms with Crippen molar-refractivity contribution in [3.05, 3.63) is 22.8 Å². The number of fused-ring (bicyclic) bond motifs is 2. The first-order valence-electron chi connectivity index (χ1n) is 15.9. The van der Waals surface area contributed by atoms with Crippen LogP contribution in [0.4, 0.5) is 0 Å². The van der Waals surface area contributed by atoms with E-state index in [1.165, 1.54) is 6.08 Å². The van der Waals surface area contributed by atoms with Crippen molar-refractivity contribution in [1.82, 2.24) is 0 Å². The van der Waals surface area contributed by atoms with Gasteiger partial charge in [0.25, 0.3) is 0 Å². The van der Waals surface area contributed by atoms with Crippen LogP contribution in [0.25, 0.3) is 0 Å². The van der Waals surface area contributed by atoms with Crippen molar-refractivity contribution < 1.29 is 47.9 Å². The number of allylic oxidation sites excluding steroid dienone is 4. The van der Waals surface area contributed by atoms with Crippen molar-refractivity contribution >= 4 is 23.5 Å². The van der Waals surface area contributed by atoms with Crippen molar-refractivity contribution in [3.63, 3.8) is 0 Å². The maximum absolute atomic E-state index is 12.8. The minimum absolute atomic E-state index is 0.0209. The molecule has 2 bridgehead atoms. The average molecular weight is 603 g/mol. The first-order valence-corrected chi connectivity index (χ1v) is 15.9. The highest BCUT2D eigenvalue weighted by molar-refractivity contribution is 6.22.